The van der Waals surface area contributed by atoms with E-state index in [-0.39, 0.29) is 11.6 Å². The van der Waals surface area contributed by atoms with Gasteiger partial charge in [-0.05, 0) is 38.5 Å². The number of rotatable bonds is 5. The van der Waals surface area contributed by atoms with Crippen LogP contribution in [-0.2, 0) is 0 Å². The van der Waals surface area contributed by atoms with Crippen molar-refractivity contribution >= 4 is 44.9 Å². The van der Waals surface area contributed by atoms with E-state index in [1.807, 2.05) is 38.1 Å². The molecular formula is C17H16N2O2S2. The van der Waals surface area contributed by atoms with Crippen molar-refractivity contribution in [2.24, 2.45) is 0 Å². The largest absolute Gasteiger partial charge is 0.355 e. The number of para-hydroxylation sites is 1. The van der Waals surface area contributed by atoms with E-state index in [4.69, 9.17) is 0 Å². The zero-order chi connectivity index (χ0) is 16.6. The van der Waals surface area contributed by atoms with E-state index in [1.165, 1.54) is 18.7 Å². The number of fused-ring (bicyclic) bond motifs is 1. The number of hydrogen-bond donors (Lipinski definition) is 1. The first-order valence-corrected chi connectivity index (χ1v) is 8.99. The Morgan fingerprint density at radius 1 is 1.26 bits per heavy atom. The van der Waals surface area contributed by atoms with Gasteiger partial charge >= 0.3 is 0 Å². The molecule has 0 aliphatic carbocycles. The molecule has 118 valence electrons. The number of carbonyl (C=O) groups is 2. The van der Waals surface area contributed by atoms with E-state index >= 15 is 0 Å². The van der Waals surface area contributed by atoms with Crippen molar-refractivity contribution in [2.45, 2.75) is 25.1 Å². The summed E-state index contributed by atoms with van der Waals surface area (Å²) in [4.78, 5) is 31.7. The van der Waals surface area contributed by atoms with Crippen LogP contribution in [0.1, 0.15) is 39.0 Å². The Morgan fingerprint density at radius 2 is 2.00 bits per heavy atom. The van der Waals surface area contributed by atoms with Crippen LogP contribution in [0.15, 0.2) is 28.6 Å². The highest BCUT2D eigenvalue weighted by molar-refractivity contribution is 8.01. The summed E-state index contributed by atoms with van der Waals surface area (Å²) in [5.41, 5.74) is 3.60. The molecule has 2 aromatic heterocycles. The van der Waals surface area contributed by atoms with Gasteiger partial charge in [-0.2, -0.15) is 0 Å². The lowest BCUT2D eigenvalue weighted by atomic mass is 10.1. The Morgan fingerprint density at radius 3 is 2.65 bits per heavy atom. The Bertz CT molecular complexity index is 876. The third-order valence-electron chi connectivity index (χ3n) is 3.67. The Kier molecular flexibility index (Phi) is 4.37. The normalized spacial score (nSPS) is 11.1. The number of aromatic nitrogens is 2. The molecule has 0 saturated heterocycles. The monoisotopic (exact) mass is 344 g/mol. The number of carbonyl (C=O) groups excluding carboxylic acids is 2. The standard InChI is InChI=1S/C17H16N2O2S2/c1-9-15(11(3)20)10(2)18-16(9)13(21)8-22-17-19-12-6-4-5-7-14(12)23-17/h4-7,18H,8H2,1-3H3. The maximum absolute atomic E-state index is 12.5. The molecule has 4 nitrogen and oxygen atoms in total. The minimum Gasteiger partial charge on any atom is -0.355 e. The molecule has 0 saturated carbocycles. The molecule has 3 aromatic rings. The predicted octanol–water partition coefficient (Wildman–Crippen LogP) is 4.42. The number of aromatic amines is 1. The molecule has 0 spiro atoms. The lowest BCUT2D eigenvalue weighted by molar-refractivity contribution is 0.101. The van der Waals surface area contributed by atoms with Crippen LogP contribution >= 0.6 is 23.1 Å². The van der Waals surface area contributed by atoms with E-state index < -0.39 is 0 Å². The summed E-state index contributed by atoms with van der Waals surface area (Å²) >= 11 is 3.02. The molecule has 0 radical (unpaired) electrons. The number of ketones is 2. The van der Waals surface area contributed by atoms with Crippen molar-refractivity contribution in [1.82, 2.24) is 9.97 Å². The van der Waals surface area contributed by atoms with Crippen molar-refractivity contribution in [1.29, 1.82) is 0 Å². The van der Waals surface area contributed by atoms with Gasteiger partial charge in [0.25, 0.3) is 0 Å². The first-order chi connectivity index (χ1) is 11.0. The quantitative estimate of drug-likeness (QED) is 0.550. The third kappa shape index (κ3) is 3.09. The molecule has 6 heteroatoms. The summed E-state index contributed by atoms with van der Waals surface area (Å²) in [7, 11) is 0. The van der Waals surface area contributed by atoms with Crippen molar-refractivity contribution in [3.63, 3.8) is 0 Å². The van der Waals surface area contributed by atoms with Crippen LogP contribution in [0, 0.1) is 13.8 Å². The van der Waals surface area contributed by atoms with Crippen LogP contribution in [0.2, 0.25) is 0 Å². The van der Waals surface area contributed by atoms with Crippen molar-refractivity contribution in [3.05, 3.63) is 46.8 Å². The van der Waals surface area contributed by atoms with Gasteiger partial charge in [0.2, 0.25) is 0 Å². The summed E-state index contributed by atoms with van der Waals surface area (Å²) in [6, 6.07) is 7.93. The summed E-state index contributed by atoms with van der Waals surface area (Å²) in [5.74, 6) is 0.272. The number of thiazole rings is 1. The topological polar surface area (TPSA) is 62.8 Å². The molecular weight excluding hydrogens is 328 g/mol. The van der Waals surface area contributed by atoms with E-state index in [1.54, 1.807) is 11.3 Å². The molecule has 0 bridgehead atoms. The molecule has 0 atom stereocenters. The summed E-state index contributed by atoms with van der Waals surface area (Å²) < 4.78 is 2.00. The van der Waals surface area contributed by atoms with Crippen LogP contribution in [-0.4, -0.2) is 27.3 Å². The molecule has 0 amide bonds. The maximum Gasteiger partial charge on any atom is 0.189 e. The molecule has 0 unspecified atom stereocenters. The highest BCUT2D eigenvalue weighted by Crippen LogP contribution is 2.30. The number of hydrogen-bond acceptors (Lipinski definition) is 5. The Hall–Kier alpha value is -1.92. The zero-order valence-electron chi connectivity index (χ0n) is 13.1. The van der Waals surface area contributed by atoms with E-state index in [9.17, 15) is 9.59 Å². The Balaban J connectivity index is 1.77. The van der Waals surface area contributed by atoms with Gasteiger partial charge in [0, 0.05) is 11.3 Å². The first-order valence-electron chi connectivity index (χ1n) is 7.19. The average molecular weight is 344 g/mol. The van der Waals surface area contributed by atoms with Gasteiger partial charge in [-0.15, -0.1) is 11.3 Å². The Labute approximate surface area is 142 Å². The van der Waals surface area contributed by atoms with Gasteiger partial charge in [-0.1, -0.05) is 23.9 Å². The number of aryl methyl sites for hydroxylation is 1. The number of H-pyrrole nitrogens is 1. The number of thioether (sulfide) groups is 1. The lowest BCUT2D eigenvalue weighted by Crippen LogP contribution is -2.05. The molecule has 1 N–H and O–H groups in total. The molecule has 0 aliphatic rings. The van der Waals surface area contributed by atoms with Crippen molar-refractivity contribution in [3.8, 4) is 0 Å². The van der Waals surface area contributed by atoms with Gasteiger partial charge in [-0.25, -0.2) is 4.98 Å². The smallest absolute Gasteiger partial charge is 0.189 e. The number of nitrogens with one attached hydrogen (secondary N) is 1. The lowest BCUT2D eigenvalue weighted by Gasteiger charge is -1.99. The summed E-state index contributed by atoms with van der Waals surface area (Å²) in [6.45, 7) is 5.16. The molecule has 23 heavy (non-hydrogen) atoms. The molecule has 1 aromatic carbocycles. The second-order valence-electron chi connectivity index (χ2n) is 5.34. The van der Waals surface area contributed by atoms with Crippen molar-refractivity contribution in [2.75, 3.05) is 5.75 Å². The second-order valence-corrected chi connectivity index (χ2v) is 7.59. The number of nitrogens with zero attached hydrogens (tertiary/aromatic N) is 1. The zero-order valence-corrected chi connectivity index (χ0v) is 14.7. The maximum atomic E-state index is 12.5. The number of benzene rings is 1. The van der Waals surface area contributed by atoms with Crippen molar-refractivity contribution < 1.29 is 9.59 Å². The summed E-state index contributed by atoms with van der Waals surface area (Å²) in [5, 5.41) is 0. The molecule has 3 rings (SSSR count). The van der Waals surface area contributed by atoms with E-state index in [0.717, 1.165) is 25.8 Å². The van der Waals surface area contributed by atoms with Crippen LogP contribution < -0.4 is 0 Å². The number of Topliss-reactive ketones (excluding diaryl/α,β-unsaturated/α-hetero) is 2. The SMILES string of the molecule is CC(=O)c1c(C)[nH]c(C(=O)CSc2nc3ccccc3s2)c1C. The predicted molar refractivity (Wildman–Crippen MR) is 94.9 cm³/mol. The molecule has 0 aliphatic heterocycles. The first kappa shape index (κ1) is 16.0. The van der Waals surface area contributed by atoms with Crippen LogP contribution in [0.25, 0.3) is 10.2 Å². The second kappa shape index (κ2) is 6.29. The fraction of sp³-hybridized carbons (Fsp3) is 0.235. The molecule has 0 fully saturated rings. The fourth-order valence-electron chi connectivity index (χ4n) is 2.67. The minimum atomic E-state index is -0.0193. The van der Waals surface area contributed by atoms with Crippen LogP contribution in [0.4, 0.5) is 0 Å². The average Bonchev–Trinajstić information content (AvgIpc) is 3.05. The molecule has 2 heterocycles. The van der Waals surface area contributed by atoms with Gasteiger partial charge < -0.3 is 4.98 Å². The van der Waals surface area contributed by atoms with E-state index in [0.29, 0.717) is 17.0 Å². The van der Waals surface area contributed by atoms with Crippen LogP contribution in [0.3, 0.4) is 0 Å². The summed E-state index contributed by atoms with van der Waals surface area (Å²) in [6.07, 6.45) is 0. The minimum absolute atomic E-state index is 0.0117. The van der Waals surface area contributed by atoms with Gasteiger partial charge in [0.15, 0.2) is 15.9 Å². The fourth-order valence-corrected chi connectivity index (χ4v) is 4.61. The van der Waals surface area contributed by atoms with Gasteiger partial charge in [0.05, 0.1) is 21.7 Å². The highest BCUT2D eigenvalue weighted by atomic mass is 32.2. The third-order valence-corrected chi connectivity index (χ3v) is 5.85. The van der Waals surface area contributed by atoms with Gasteiger partial charge in [0.1, 0.15) is 0 Å². The van der Waals surface area contributed by atoms with E-state index in [2.05, 4.69) is 9.97 Å². The highest BCUT2D eigenvalue weighted by Gasteiger charge is 2.20. The van der Waals surface area contributed by atoms with Crippen LogP contribution in [0.5, 0.6) is 0 Å². The van der Waals surface area contributed by atoms with Gasteiger partial charge in [-0.3, -0.25) is 9.59 Å².